The van der Waals surface area contributed by atoms with Gasteiger partial charge < -0.3 is 5.32 Å². The molecule has 0 aliphatic carbocycles. The lowest BCUT2D eigenvalue weighted by Crippen LogP contribution is -2.25. The van der Waals surface area contributed by atoms with Crippen molar-refractivity contribution in [1.82, 2.24) is 5.43 Å². The second-order valence-corrected chi connectivity index (χ2v) is 5.23. The zero-order valence-electron chi connectivity index (χ0n) is 12.5. The molecule has 7 heteroatoms. The molecule has 1 aliphatic heterocycles. The van der Waals surface area contributed by atoms with E-state index < -0.39 is 17.5 Å². The maximum Gasteiger partial charge on any atom is 0.258 e. The summed E-state index contributed by atoms with van der Waals surface area (Å²) in [7, 11) is 0. The van der Waals surface area contributed by atoms with Crippen molar-refractivity contribution in [3.63, 3.8) is 0 Å². The van der Waals surface area contributed by atoms with Crippen LogP contribution < -0.4 is 10.7 Å². The van der Waals surface area contributed by atoms with E-state index >= 15 is 0 Å². The van der Waals surface area contributed by atoms with E-state index in [4.69, 9.17) is 0 Å². The van der Waals surface area contributed by atoms with Crippen LogP contribution in [0.15, 0.2) is 47.6 Å². The van der Waals surface area contributed by atoms with Crippen LogP contribution in [0.2, 0.25) is 0 Å². The minimum atomic E-state index is -1.18. The monoisotopic (exact) mass is 329 g/mol. The molecule has 0 radical (unpaired) electrons. The highest BCUT2D eigenvalue weighted by Gasteiger charge is 2.16. The molecule has 0 aromatic heterocycles. The average molecular weight is 329 g/mol. The third-order valence-corrected chi connectivity index (χ3v) is 3.58. The topological polar surface area (TPSA) is 70.6 Å². The van der Waals surface area contributed by atoms with Crippen molar-refractivity contribution in [3.05, 3.63) is 65.2 Å². The predicted octanol–water partition coefficient (Wildman–Crippen LogP) is 2.83. The smallest absolute Gasteiger partial charge is 0.258 e. The van der Waals surface area contributed by atoms with E-state index in [0.717, 1.165) is 17.3 Å². The van der Waals surface area contributed by atoms with Gasteiger partial charge in [0.05, 0.1) is 11.3 Å². The minimum absolute atomic E-state index is 0.125. The van der Waals surface area contributed by atoms with E-state index in [1.165, 1.54) is 12.1 Å². The van der Waals surface area contributed by atoms with Gasteiger partial charge in [0, 0.05) is 18.5 Å². The maximum absolute atomic E-state index is 13.6. The lowest BCUT2D eigenvalue weighted by atomic mass is 10.0. The van der Waals surface area contributed by atoms with Crippen molar-refractivity contribution < 1.29 is 18.4 Å². The van der Waals surface area contributed by atoms with Gasteiger partial charge in [-0.15, -0.1) is 0 Å². The second-order valence-electron chi connectivity index (χ2n) is 5.23. The Kier molecular flexibility index (Phi) is 4.33. The summed E-state index contributed by atoms with van der Waals surface area (Å²) < 4.78 is 26.8. The number of nitrogens with one attached hydrogen (secondary N) is 2. The molecule has 0 unspecified atom stereocenters. The zero-order valence-corrected chi connectivity index (χ0v) is 12.5. The molecule has 0 atom stereocenters. The number of amides is 2. The molecule has 0 bridgehead atoms. The molecule has 2 amide bonds. The van der Waals surface area contributed by atoms with E-state index in [0.29, 0.717) is 18.5 Å². The molecule has 24 heavy (non-hydrogen) atoms. The van der Waals surface area contributed by atoms with E-state index in [1.807, 2.05) is 0 Å². The Balaban J connectivity index is 1.73. The van der Waals surface area contributed by atoms with Crippen LogP contribution in [0.25, 0.3) is 0 Å². The summed E-state index contributed by atoms with van der Waals surface area (Å²) in [5.74, 6) is -3.11. The van der Waals surface area contributed by atoms with Crippen molar-refractivity contribution in [2.45, 2.75) is 12.8 Å². The maximum atomic E-state index is 13.6. The van der Waals surface area contributed by atoms with Gasteiger partial charge in [-0.05, 0) is 29.8 Å². The predicted molar refractivity (Wildman–Crippen MR) is 84.7 cm³/mol. The number of hydrogen-bond acceptors (Lipinski definition) is 3. The van der Waals surface area contributed by atoms with Crippen molar-refractivity contribution in [2.75, 3.05) is 5.32 Å². The number of hydrazone groups is 1. The van der Waals surface area contributed by atoms with E-state index in [-0.39, 0.29) is 11.5 Å². The minimum Gasteiger partial charge on any atom is -0.322 e. The molecule has 1 aliphatic rings. The van der Waals surface area contributed by atoms with Crippen LogP contribution in [0.3, 0.4) is 0 Å². The van der Waals surface area contributed by atoms with Crippen LogP contribution in [0.1, 0.15) is 28.8 Å². The van der Waals surface area contributed by atoms with Crippen molar-refractivity contribution in [3.8, 4) is 0 Å². The van der Waals surface area contributed by atoms with Crippen LogP contribution >= 0.6 is 0 Å². The third kappa shape index (κ3) is 3.29. The average Bonchev–Trinajstić information content (AvgIpc) is 2.59. The number of carbonyl (C=O) groups is 2. The molecule has 3 rings (SSSR count). The third-order valence-electron chi connectivity index (χ3n) is 3.58. The summed E-state index contributed by atoms with van der Waals surface area (Å²) in [4.78, 5) is 23.1. The molecule has 0 saturated heterocycles. The lowest BCUT2D eigenvalue weighted by molar-refractivity contribution is -0.121. The number of nitrogens with zero attached hydrogens (tertiary/aromatic N) is 1. The molecular weight excluding hydrogens is 316 g/mol. The quantitative estimate of drug-likeness (QED) is 0.909. The summed E-state index contributed by atoms with van der Waals surface area (Å²) in [6.45, 7) is 0. The Hall–Kier alpha value is -3.09. The molecule has 1 heterocycles. The van der Waals surface area contributed by atoms with Crippen LogP contribution in [0, 0.1) is 11.6 Å². The summed E-state index contributed by atoms with van der Waals surface area (Å²) in [6, 6.07) is 10.1. The normalized spacial score (nSPS) is 13.9. The number of hydrogen-bond donors (Lipinski definition) is 2. The van der Waals surface area contributed by atoms with Gasteiger partial charge in [-0.3, -0.25) is 9.59 Å². The Morgan fingerprint density at radius 2 is 1.83 bits per heavy atom. The number of rotatable bonds is 3. The first-order valence-corrected chi connectivity index (χ1v) is 7.26. The molecule has 0 fully saturated rings. The van der Waals surface area contributed by atoms with Crippen LogP contribution in [0.4, 0.5) is 14.5 Å². The van der Waals surface area contributed by atoms with Gasteiger partial charge in [0.25, 0.3) is 5.91 Å². The Morgan fingerprint density at radius 1 is 1.08 bits per heavy atom. The molecule has 2 aromatic rings. The van der Waals surface area contributed by atoms with Gasteiger partial charge in [-0.25, -0.2) is 14.2 Å². The van der Waals surface area contributed by atoms with Gasteiger partial charge >= 0.3 is 0 Å². The molecule has 0 saturated carbocycles. The summed E-state index contributed by atoms with van der Waals surface area (Å²) in [5.41, 5.74) is 4.04. The summed E-state index contributed by atoms with van der Waals surface area (Å²) >= 11 is 0. The first kappa shape index (κ1) is 15.8. The zero-order chi connectivity index (χ0) is 17.1. The number of benzene rings is 2. The van der Waals surface area contributed by atoms with Gasteiger partial charge in [0.15, 0.2) is 11.6 Å². The molecule has 2 N–H and O–H groups in total. The van der Waals surface area contributed by atoms with Crippen LogP contribution in [-0.4, -0.2) is 17.5 Å². The SMILES string of the molecule is O=C1CCC(c2ccc(NC(=O)c3cccc(F)c3F)cc2)=NN1. The van der Waals surface area contributed by atoms with Crippen LogP contribution in [-0.2, 0) is 4.79 Å². The number of halogens is 2. The van der Waals surface area contributed by atoms with Crippen molar-refractivity contribution in [2.24, 2.45) is 5.10 Å². The number of anilines is 1. The standard InChI is InChI=1S/C17H13F2N3O2/c18-13-3-1-2-12(16(13)19)17(24)20-11-6-4-10(5-7-11)14-8-9-15(23)22-21-14/h1-7H,8-9H2,(H,20,24)(H,22,23). The highest BCUT2D eigenvalue weighted by molar-refractivity contribution is 6.06. The van der Waals surface area contributed by atoms with E-state index in [9.17, 15) is 18.4 Å². The fourth-order valence-electron chi connectivity index (χ4n) is 2.31. The first-order valence-electron chi connectivity index (χ1n) is 7.26. The Morgan fingerprint density at radius 3 is 2.50 bits per heavy atom. The van der Waals surface area contributed by atoms with E-state index in [1.54, 1.807) is 24.3 Å². The van der Waals surface area contributed by atoms with Gasteiger partial charge in [-0.1, -0.05) is 18.2 Å². The van der Waals surface area contributed by atoms with Gasteiger partial charge in [-0.2, -0.15) is 5.10 Å². The van der Waals surface area contributed by atoms with Crippen LogP contribution in [0.5, 0.6) is 0 Å². The largest absolute Gasteiger partial charge is 0.322 e. The van der Waals surface area contributed by atoms with E-state index in [2.05, 4.69) is 15.8 Å². The lowest BCUT2D eigenvalue weighted by Gasteiger charge is -2.12. The second kappa shape index (κ2) is 6.57. The van der Waals surface area contributed by atoms with Crippen molar-refractivity contribution in [1.29, 1.82) is 0 Å². The Labute approximate surface area is 136 Å². The fraction of sp³-hybridized carbons (Fsp3) is 0.118. The molecule has 0 spiro atoms. The summed E-state index contributed by atoms with van der Waals surface area (Å²) in [5, 5.41) is 6.49. The highest BCUT2D eigenvalue weighted by atomic mass is 19.2. The first-order chi connectivity index (χ1) is 11.5. The fourth-order valence-corrected chi connectivity index (χ4v) is 2.31. The molecule has 5 nitrogen and oxygen atoms in total. The highest BCUT2D eigenvalue weighted by Crippen LogP contribution is 2.17. The molecule has 122 valence electrons. The van der Waals surface area contributed by atoms with Crippen molar-refractivity contribution >= 4 is 23.2 Å². The molecule has 2 aromatic carbocycles. The van der Waals surface area contributed by atoms with Gasteiger partial charge in [0.2, 0.25) is 5.91 Å². The number of carbonyl (C=O) groups excluding carboxylic acids is 2. The molecular formula is C17H13F2N3O2. The summed E-state index contributed by atoms with van der Waals surface area (Å²) in [6.07, 6.45) is 0.905. The Bertz CT molecular complexity index is 832. The van der Waals surface area contributed by atoms with Gasteiger partial charge in [0.1, 0.15) is 0 Å².